The van der Waals surface area contributed by atoms with Crippen molar-refractivity contribution in [2.75, 3.05) is 13.7 Å². The maximum atomic E-state index is 10.8. The number of rotatable bonds is 6. The van der Waals surface area contributed by atoms with Gasteiger partial charge in [0, 0.05) is 0 Å². The third-order valence-electron chi connectivity index (χ3n) is 2.05. The van der Waals surface area contributed by atoms with Crippen molar-refractivity contribution in [3.63, 3.8) is 0 Å². The minimum Gasteiger partial charge on any atom is -0.467 e. The molecule has 0 aliphatic heterocycles. The highest BCUT2D eigenvalue weighted by molar-refractivity contribution is 5.75. The van der Waals surface area contributed by atoms with Gasteiger partial charge >= 0.3 is 5.97 Å². The monoisotopic (exact) mass is 240 g/mol. The normalized spacial score (nSPS) is 20.7. The average Bonchev–Trinajstić information content (AvgIpc) is 2.32. The third-order valence-corrected chi connectivity index (χ3v) is 2.05. The van der Waals surface area contributed by atoms with Crippen molar-refractivity contribution in [1.82, 2.24) is 0 Å². The largest absolute Gasteiger partial charge is 0.467 e. The lowest BCUT2D eigenvalue weighted by atomic mass is 9.99. The van der Waals surface area contributed by atoms with E-state index < -0.39 is 43.1 Å². The predicted octanol–water partition coefficient (Wildman–Crippen LogP) is -4.04. The van der Waals surface area contributed by atoms with Crippen LogP contribution in [0, 0.1) is 0 Å². The summed E-state index contributed by atoms with van der Waals surface area (Å²) in [7, 11) is 0.962. The van der Waals surface area contributed by atoms with Gasteiger partial charge in [0.05, 0.1) is 13.7 Å². The van der Waals surface area contributed by atoms with Gasteiger partial charge in [0.2, 0.25) is 0 Å². The Morgan fingerprint density at radius 1 is 1.06 bits per heavy atom. The molecule has 0 aliphatic rings. The molecule has 8 heteroatoms. The number of ether oxygens (including phenoxy) is 1. The van der Waals surface area contributed by atoms with Crippen molar-refractivity contribution >= 4 is 5.97 Å². The van der Waals surface area contributed by atoms with Gasteiger partial charge in [-0.15, -0.1) is 0 Å². The minimum absolute atomic E-state index is 0.848. The van der Waals surface area contributed by atoms with Gasteiger partial charge < -0.3 is 35.4 Å². The molecule has 5 atom stereocenters. The molecule has 16 heavy (non-hydrogen) atoms. The summed E-state index contributed by atoms with van der Waals surface area (Å²) in [5.41, 5.74) is 0. The van der Waals surface area contributed by atoms with Crippen molar-refractivity contribution < 1.29 is 40.2 Å². The second kappa shape index (κ2) is 6.74. The number of aliphatic hydroxyl groups excluding tert-OH is 6. The van der Waals surface area contributed by atoms with Crippen LogP contribution in [-0.2, 0) is 9.53 Å². The maximum absolute atomic E-state index is 10.8. The lowest BCUT2D eigenvalue weighted by Crippen LogP contribution is -2.52. The van der Waals surface area contributed by atoms with Gasteiger partial charge in [-0.2, -0.15) is 0 Å². The summed E-state index contributed by atoms with van der Waals surface area (Å²) in [6, 6.07) is 0. The summed E-state index contributed by atoms with van der Waals surface area (Å²) in [6.07, 6.45) is -9.70. The molecule has 0 aromatic carbocycles. The Kier molecular flexibility index (Phi) is 6.41. The van der Waals surface area contributed by atoms with Crippen molar-refractivity contribution in [2.45, 2.75) is 30.5 Å². The van der Waals surface area contributed by atoms with Gasteiger partial charge in [-0.05, 0) is 0 Å². The molecule has 0 saturated heterocycles. The van der Waals surface area contributed by atoms with Gasteiger partial charge in [0.25, 0.3) is 0 Å². The van der Waals surface area contributed by atoms with Gasteiger partial charge in [0.15, 0.2) is 6.10 Å². The minimum atomic E-state index is -2.06. The summed E-state index contributed by atoms with van der Waals surface area (Å²) in [5.74, 6) is -1.20. The number of carbonyl (C=O) groups is 1. The molecule has 0 aliphatic carbocycles. The van der Waals surface area contributed by atoms with E-state index in [-0.39, 0.29) is 0 Å². The van der Waals surface area contributed by atoms with E-state index in [1.807, 2.05) is 0 Å². The van der Waals surface area contributed by atoms with E-state index in [0.29, 0.717) is 0 Å². The summed E-state index contributed by atoms with van der Waals surface area (Å²) in [5, 5.41) is 54.2. The Hall–Kier alpha value is -0.770. The quantitative estimate of drug-likeness (QED) is 0.257. The topological polar surface area (TPSA) is 148 Å². The van der Waals surface area contributed by atoms with E-state index in [9.17, 15) is 20.1 Å². The van der Waals surface area contributed by atoms with Crippen LogP contribution in [0.4, 0.5) is 0 Å². The highest BCUT2D eigenvalue weighted by atomic mass is 16.5. The molecule has 96 valence electrons. The van der Waals surface area contributed by atoms with Crippen LogP contribution in [-0.4, -0.2) is 80.8 Å². The van der Waals surface area contributed by atoms with Crippen molar-refractivity contribution in [1.29, 1.82) is 0 Å². The molecule has 0 fully saturated rings. The first kappa shape index (κ1) is 15.2. The molecule has 8 nitrogen and oxygen atoms in total. The lowest BCUT2D eigenvalue weighted by molar-refractivity contribution is -0.172. The van der Waals surface area contributed by atoms with Crippen LogP contribution in [0.1, 0.15) is 0 Å². The van der Waals surface area contributed by atoms with E-state index in [1.165, 1.54) is 0 Å². The molecule has 0 spiro atoms. The average molecular weight is 240 g/mol. The molecule has 0 saturated carbocycles. The molecular weight excluding hydrogens is 224 g/mol. The smallest absolute Gasteiger partial charge is 0.337 e. The second-order valence-electron chi connectivity index (χ2n) is 3.19. The SMILES string of the molecule is COC(=O)[C@H](O)[C@H](O)[C@H](O)[C@@H](O)[C@H](O)CO. The Bertz CT molecular complexity index is 220. The molecule has 0 amide bonds. The van der Waals surface area contributed by atoms with E-state index in [2.05, 4.69) is 4.74 Å². The van der Waals surface area contributed by atoms with E-state index >= 15 is 0 Å². The molecule has 0 aromatic rings. The zero-order valence-corrected chi connectivity index (χ0v) is 8.59. The van der Waals surface area contributed by atoms with Crippen LogP contribution >= 0.6 is 0 Å². The number of hydrogen-bond donors (Lipinski definition) is 6. The highest BCUT2D eigenvalue weighted by Gasteiger charge is 2.37. The first-order chi connectivity index (χ1) is 7.36. The fourth-order valence-corrected chi connectivity index (χ4v) is 0.985. The van der Waals surface area contributed by atoms with E-state index in [1.54, 1.807) is 0 Å². The molecule has 0 heterocycles. The fraction of sp³-hybridized carbons (Fsp3) is 0.875. The van der Waals surface area contributed by atoms with Gasteiger partial charge in [0.1, 0.15) is 24.4 Å². The van der Waals surface area contributed by atoms with Crippen LogP contribution < -0.4 is 0 Å². The zero-order valence-electron chi connectivity index (χ0n) is 8.59. The Balaban J connectivity index is 4.47. The summed E-state index contributed by atoms with van der Waals surface area (Å²) in [4.78, 5) is 10.8. The van der Waals surface area contributed by atoms with Crippen LogP contribution in [0.25, 0.3) is 0 Å². The molecule has 0 rings (SSSR count). The van der Waals surface area contributed by atoms with E-state index in [0.717, 1.165) is 7.11 Å². The lowest BCUT2D eigenvalue weighted by Gasteiger charge is -2.27. The van der Waals surface area contributed by atoms with Crippen LogP contribution in [0.2, 0.25) is 0 Å². The maximum Gasteiger partial charge on any atom is 0.337 e. The summed E-state index contributed by atoms with van der Waals surface area (Å²) in [6.45, 7) is -0.848. The standard InChI is InChI=1S/C8H16O8/c1-16-8(15)7(14)6(13)5(12)4(11)3(10)2-9/h3-7,9-14H,2H2,1H3/t3-,4+,5-,6-,7-/m1/s1. The van der Waals surface area contributed by atoms with Gasteiger partial charge in [-0.25, -0.2) is 4.79 Å². The first-order valence-corrected chi connectivity index (χ1v) is 4.45. The fourth-order valence-electron chi connectivity index (χ4n) is 0.985. The van der Waals surface area contributed by atoms with Gasteiger partial charge in [-0.1, -0.05) is 0 Å². The molecule has 0 radical (unpaired) electrons. The Morgan fingerprint density at radius 2 is 1.56 bits per heavy atom. The number of carbonyl (C=O) groups excluding carboxylic acids is 1. The molecular formula is C8H16O8. The third kappa shape index (κ3) is 3.67. The summed E-state index contributed by atoms with van der Waals surface area (Å²) >= 11 is 0. The van der Waals surface area contributed by atoms with Crippen LogP contribution in [0.3, 0.4) is 0 Å². The van der Waals surface area contributed by atoms with Crippen LogP contribution in [0.5, 0.6) is 0 Å². The number of aliphatic hydroxyl groups is 6. The second-order valence-corrected chi connectivity index (χ2v) is 3.19. The Morgan fingerprint density at radius 3 is 1.94 bits per heavy atom. The predicted molar refractivity (Wildman–Crippen MR) is 49.1 cm³/mol. The zero-order chi connectivity index (χ0) is 12.9. The molecule has 0 bridgehead atoms. The van der Waals surface area contributed by atoms with Crippen molar-refractivity contribution in [2.24, 2.45) is 0 Å². The van der Waals surface area contributed by atoms with Crippen molar-refractivity contribution in [3.05, 3.63) is 0 Å². The van der Waals surface area contributed by atoms with Crippen molar-refractivity contribution in [3.8, 4) is 0 Å². The molecule has 0 unspecified atom stereocenters. The summed E-state index contributed by atoms with van der Waals surface area (Å²) < 4.78 is 4.10. The number of methoxy groups -OCH3 is 1. The van der Waals surface area contributed by atoms with E-state index in [4.69, 9.17) is 15.3 Å². The highest BCUT2D eigenvalue weighted by Crippen LogP contribution is 2.09. The Labute approximate surface area is 91.3 Å². The number of hydrogen-bond acceptors (Lipinski definition) is 8. The molecule has 0 aromatic heterocycles. The molecule has 6 N–H and O–H groups in total. The van der Waals surface area contributed by atoms with Crippen LogP contribution in [0.15, 0.2) is 0 Å². The van der Waals surface area contributed by atoms with Gasteiger partial charge in [-0.3, -0.25) is 0 Å². The number of esters is 1. The first-order valence-electron chi connectivity index (χ1n) is 4.45.